The molecule has 2 rings (SSSR count). The third kappa shape index (κ3) is 4.23. The van der Waals surface area contributed by atoms with Gasteiger partial charge in [-0.2, -0.15) is 0 Å². The summed E-state index contributed by atoms with van der Waals surface area (Å²) in [6.45, 7) is 1.20. The molecular weight excluding hydrogens is 292 g/mol. The molecule has 0 unspecified atom stereocenters. The summed E-state index contributed by atoms with van der Waals surface area (Å²) in [7, 11) is 1.61. The van der Waals surface area contributed by atoms with Gasteiger partial charge in [0.1, 0.15) is 5.82 Å². The molecule has 1 aromatic heterocycles. The Morgan fingerprint density at radius 3 is 2.68 bits per heavy atom. The highest BCUT2D eigenvalue weighted by molar-refractivity contribution is 6.03. The second-order valence-corrected chi connectivity index (χ2v) is 4.43. The number of nitrogens with one attached hydrogen (secondary N) is 2. The van der Waals surface area contributed by atoms with Crippen molar-refractivity contribution in [3.05, 3.63) is 53.7 Å². The van der Waals surface area contributed by atoms with E-state index in [1.165, 1.54) is 6.07 Å². The predicted molar refractivity (Wildman–Crippen MR) is 78.9 cm³/mol. The molecule has 0 spiro atoms. The van der Waals surface area contributed by atoms with Gasteiger partial charge in [-0.25, -0.2) is 13.8 Å². The zero-order valence-corrected chi connectivity index (χ0v) is 11.9. The van der Waals surface area contributed by atoms with Crippen molar-refractivity contribution in [1.29, 1.82) is 0 Å². The van der Waals surface area contributed by atoms with E-state index in [1.807, 2.05) is 0 Å². The van der Waals surface area contributed by atoms with Crippen molar-refractivity contribution in [2.45, 2.75) is 0 Å². The molecule has 116 valence electrons. The van der Waals surface area contributed by atoms with E-state index in [1.54, 1.807) is 25.4 Å². The quantitative estimate of drug-likeness (QED) is 0.805. The van der Waals surface area contributed by atoms with Gasteiger partial charge >= 0.3 is 0 Å². The molecule has 0 aliphatic carbocycles. The van der Waals surface area contributed by atoms with Gasteiger partial charge in [0.15, 0.2) is 11.6 Å². The first-order valence-corrected chi connectivity index (χ1v) is 6.55. The fraction of sp³-hybridized carbons (Fsp3) is 0.200. The molecule has 5 nitrogen and oxygen atoms in total. The third-order valence-corrected chi connectivity index (χ3v) is 2.82. The number of hydrogen-bond donors (Lipinski definition) is 2. The minimum absolute atomic E-state index is 0.0167. The number of aromatic nitrogens is 1. The predicted octanol–water partition coefficient (Wildman–Crippen LogP) is 2.67. The molecule has 1 aromatic carbocycles. The van der Waals surface area contributed by atoms with E-state index in [0.29, 0.717) is 19.0 Å². The topological polar surface area (TPSA) is 63.2 Å². The van der Waals surface area contributed by atoms with Gasteiger partial charge in [-0.15, -0.1) is 0 Å². The Labute approximate surface area is 126 Å². The smallest absolute Gasteiger partial charge is 0.256 e. The largest absolute Gasteiger partial charge is 0.383 e. The molecule has 1 amide bonds. The number of benzene rings is 1. The first-order valence-electron chi connectivity index (χ1n) is 6.55. The van der Waals surface area contributed by atoms with Crippen LogP contribution in [0.3, 0.4) is 0 Å². The van der Waals surface area contributed by atoms with Crippen LogP contribution in [0.5, 0.6) is 0 Å². The lowest BCUT2D eigenvalue weighted by atomic mass is 10.2. The Morgan fingerprint density at radius 1 is 1.23 bits per heavy atom. The van der Waals surface area contributed by atoms with E-state index in [2.05, 4.69) is 15.6 Å². The van der Waals surface area contributed by atoms with Gasteiger partial charge in [0.25, 0.3) is 5.91 Å². The number of nitrogens with zero attached hydrogens (tertiary/aromatic N) is 1. The van der Waals surface area contributed by atoms with Crippen molar-refractivity contribution < 1.29 is 18.3 Å². The highest BCUT2D eigenvalue weighted by atomic mass is 19.2. The first kappa shape index (κ1) is 15.8. The maximum absolute atomic E-state index is 13.1. The minimum atomic E-state index is -1.07. The molecule has 0 radical (unpaired) electrons. The Kier molecular flexibility index (Phi) is 5.37. The number of amides is 1. The van der Waals surface area contributed by atoms with Gasteiger partial charge in [-0.1, -0.05) is 0 Å². The lowest BCUT2D eigenvalue weighted by Crippen LogP contribution is -2.13. The van der Waals surface area contributed by atoms with Crippen molar-refractivity contribution in [3.63, 3.8) is 0 Å². The average molecular weight is 307 g/mol. The van der Waals surface area contributed by atoms with Crippen LogP contribution in [0.2, 0.25) is 0 Å². The zero-order chi connectivity index (χ0) is 15.9. The highest BCUT2D eigenvalue weighted by Crippen LogP contribution is 2.13. The molecule has 22 heavy (non-hydrogen) atoms. The second-order valence-electron chi connectivity index (χ2n) is 4.43. The molecule has 1 heterocycles. The van der Waals surface area contributed by atoms with Gasteiger partial charge in [0.05, 0.1) is 18.5 Å². The standard InChI is InChI=1S/C15H15F2N3O2/c1-22-7-6-18-11-3-5-14(19-9-11)20-15(21)10-2-4-12(16)13(17)8-10/h2-5,8-9,18H,6-7H2,1H3,(H,19,20,21). The normalized spacial score (nSPS) is 10.3. The molecule has 0 fully saturated rings. The minimum Gasteiger partial charge on any atom is -0.383 e. The molecule has 0 bridgehead atoms. The van der Waals surface area contributed by atoms with E-state index in [9.17, 15) is 13.6 Å². The van der Waals surface area contributed by atoms with Crippen LogP contribution in [-0.4, -0.2) is 31.2 Å². The fourth-order valence-corrected chi connectivity index (χ4v) is 1.70. The maximum Gasteiger partial charge on any atom is 0.256 e. The molecule has 0 aliphatic heterocycles. The molecule has 0 saturated heterocycles. The molecule has 7 heteroatoms. The Morgan fingerprint density at radius 2 is 2.05 bits per heavy atom. The Bertz CT molecular complexity index is 648. The summed E-state index contributed by atoms with van der Waals surface area (Å²) in [4.78, 5) is 16.0. The Balaban J connectivity index is 1.97. The number of pyridine rings is 1. The highest BCUT2D eigenvalue weighted by Gasteiger charge is 2.10. The SMILES string of the molecule is COCCNc1ccc(NC(=O)c2ccc(F)c(F)c2)nc1. The van der Waals surface area contributed by atoms with Crippen molar-refractivity contribution >= 4 is 17.4 Å². The molecule has 0 saturated carbocycles. The zero-order valence-electron chi connectivity index (χ0n) is 11.9. The van der Waals surface area contributed by atoms with Crippen molar-refractivity contribution in [3.8, 4) is 0 Å². The molecule has 2 aromatic rings. The lowest BCUT2D eigenvalue weighted by molar-refractivity contribution is 0.102. The number of carbonyl (C=O) groups is 1. The van der Waals surface area contributed by atoms with E-state index in [-0.39, 0.29) is 5.56 Å². The first-order chi connectivity index (χ1) is 10.6. The fourth-order valence-electron chi connectivity index (χ4n) is 1.70. The number of anilines is 2. The van der Waals surface area contributed by atoms with E-state index < -0.39 is 17.5 Å². The number of halogens is 2. The third-order valence-electron chi connectivity index (χ3n) is 2.82. The van der Waals surface area contributed by atoms with Gasteiger partial charge in [-0.3, -0.25) is 4.79 Å². The van der Waals surface area contributed by atoms with Crippen LogP contribution in [-0.2, 0) is 4.74 Å². The molecular formula is C15H15F2N3O2. The van der Waals surface area contributed by atoms with Crippen molar-refractivity contribution in [2.24, 2.45) is 0 Å². The van der Waals surface area contributed by atoms with E-state index in [0.717, 1.165) is 17.8 Å². The van der Waals surface area contributed by atoms with Crippen LogP contribution in [0.15, 0.2) is 36.5 Å². The van der Waals surface area contributed by atoms with E-state index in [4.69, 9.17) is 4.74 Å². The van der Waals surface area contributed by atoms with Crippen molar-refractivity contribution in [1.82, 2.24) is 4.98 Å². The van der Waals surface area contributed by atoms with Crippen LogP contribution in [0.25, 0.3) is 0 Å². The monoisotopic (exact) mass is 307 g/mol. The van der Waals surface area contributed by atoms with Crippen LogP contribution >= 0.6 is 0 Å². The number of hydrogen-bond acceptors (Lipinski definition) is 4. The summed E-state index contributed by atoms with van der Waals surface area (Å²) in [6.07, 6.45) is 1.55. The number of ether oxygens (including phenoxy) is 1. The van der Waals surface area contributed by atoms with Gasteiger partial charge in [0.2, 0.25) is 0 Å². The maximum atomic E-state index is 13.1. The number of methoxy groups -OCH3 is 1. The summed E-state index contributed by atoms with van der Waals surface area (Å²) in [5.41, 5.74) is 0.797. The molecule has 2 N–H and O–H groups in total. The summed E-state index contributed by atoms with van der Waals surface area (Å²) in [5, 5.41) is 5.59. The summed E-state index contributed by atoms with van der Waals surface area (Å²) in [5.74, 6) is -2.32. The summed E-state index contributed by atoms with van der Waals surface area (Å²) >= 11 is 0. The summed E-state index contributed by atoms with van der Waals surface area (Å²) in [6, 6.07) is 6.29. The number of carbonyl (C=O) groups excluding carboxylic acids is 1. The molecule has 0 aliphatic rings. The van der Waals surface area contributed by atoms with Crippen LogP contribution in [0.4, 0.5) is 20.3 Å². The van der Waals surface area contributed by atoms with Gasteiger partial charge in [-0.05, 0) is 30.3 Å². The second kappa shape index (κ2) is 7.46. The lowest BCUT2D eigenvalue weighted by Gasteiger charge is -2.07. The number of rotatable bonds is 6. The van der Waals surface area contributed by atoms with E-state index >= 15 is 0 Å². The van der Waals surface area contributed by atoms with Gasteiger partial charge in [0, 0.05) is 19.2 Å². The molecule has 0 atom stereocenters. The van der Waals surface area contributed by atoms with Crippen LogP contribution in [0.1, 0.15) is 10.4 Å². The van der Waals surface area contributed by atoms with Crippen molar-refractivity contribution in [2.75, 3.05) is 30.9 Å². The van der Waals surface area contributed by atoms with Gasteiger partial charge < -0.3 is 15.4 Å². The van der Waals surface area contributed by atoms with Crippen LogP contribution in [0, 0.1) is 11.6 Å². The Hall–Kier alpha value is -2.54. The average Bonchev–Trinajstić information content (AvgIpc) is 2.52. The summed E-state index contributed by atoms with van der Waals surface area (Å²) < 4.78 is 30.8. The van der Waals surface area contributed by atoms with Crippen LogP contribution < -0.4 is 10.6 Å².